The highest BCUT2D eigenvalue weighted by Gasteiger charge is 2.53. The standard InChI is InChI=1S/C21H23N3O4/c25-18-8-10-21(20(27)22-13-15-5-2-1-3-6-15)14-24(11-9-17(21)23-18)19(26)16-7-4-12-28-16/h1-7,12,17H,8-11,13-14H2,(H,22,27)(H,23,25)/t17-,21+/m1/s1. The van der Waals surface area contributed by atoms with E-state index in [0.29, 0.717) is 25.9 Å². The van der Waals surface area contributed by atoms with Crippen molar-refractivity contribution in [1.82, 2.24) is 15.5 Å². The van der Waals surface area contributed by atoms with E-state index in [1.54, 1.807) is 17.0 Å². The van der Waals surface area contributed by atoms with Gasteiger partial charge in [0.2, 0.25) is 11.8 Å². The lowest BCUT2D eigenvalue weighted by Gasteiger charge is -2.49. The summed E-state index contributed by atoms with van der Waals surface area (Å²) in [5.41, 5.74) is 0.173. The highest BCUT2D eigenvalue weighted by atomic mass is 16.3. The van der Waals surface area contributed by atoms with E-state index in [1.165, 1.54) is 6.26 Å². The molecular formula is C21H23N3O4. The number of furan rings is 1. The van der Waals surface area contributed by atoms with Crippen LogP contribution in [-0.4, -0.2) is 41.8 Å². The van der Waals surface area contributed by atoms with Crippen molar-refractivity contribution in [3.8, 4) is 0 Å². The molecule has 2 aliphatic rings. The molecule has 146 valence electrons. The molecule has 2 saturated heterocycles. The van der Waals surface area contributed by atoms with E-state index >= 15 is 0 Å². The molecule has 0 unspecified atom stereocenters. The zero-order valence-corrected chi connectivity index (χ0v) is 15.5. The number of amides is 3. The Hall–Kier alpha value is -3.09. The minimum absolute atomic E-state index is 0.0395. The largest absolute Gasteiger partial charge is 0.459 e. The maximum atomic E-state index is 13.3. The molecule has 2 fully saturated rings. The van der Waals surface area contributed by atoms with Gasteiger partial charge in [0.25, 0.3) is 5.91 Å². The third-order valence-corrected chi connectivity index (χ3v) is 5.73. The second-order valence-electron chi connectivity index (χ2n) is 7.44. The molecule has 1 aromatic heterocycles. The van der Waals surface area contributed by atoms with E-state index in [-0.39, 0.29) is 42.5 Å². The van der Waals surface area contributed by atoms with Crippen LogP contribution in [0.4, 0.5) is 0 Å². The predicted octanol–water partition coefficient (Wildman–Crippen LogP) is 1.71. The number of hydrogen-bond acceptors (Lipinski definition) is 4. The summed E-state index contributed by atoms with van der Waals surface area (Å²) in [6.07, 6.45) is 2.70. The summed E-state index contributed by atoms with van der Waals surface area (Å²) < 4.78 is 5.24. The van der Waals surface area contributed by atoms with Gasteiger partial charge in [-0.25, -0.2) is 0 Å². The Kier molecular flexibility index (Phi) is 4.90. The van der Waals surface area contributed by atoms with Crippen LogP contribution in [0.15, 0.2) is 53.1 Å². The summed E-state index contributed by atoms with van der Waals surface area (Å²) in [5.74, 6) is -0.130. The summed E-state index contributed by atoms with van der Waals surface area (Å²) in [6, 6.07) is 12.7. The molecule has 0 saturated carbocycles. The Morgan fingerprint density at radius 2 is 2.04 bits per heavy atom. The first kappa shape index (κ1) is 18.3. The molecule has 2 N–H and O–H groups in total. The average molecular weight is 381 g/mol. The van der Waals surface area contributed by atoms with E-state index < -0.39 is 5.41 Å². The number of hydrogen-bond donors (Lipinski definition) is 2. The van der Waals surface area contributed by atoms with Crippen LogP contribution in [0.1, 0.15) is 35.4 Å². The van der Waals surface area contributed by atoms with Crippen molar-refractivity contribution in [1.29, 1.82) is 0 Å². The second kappa shape index (κ2) is 7.50. The highest BCUT2D eigenvalue weighted by Crippen LogP contribution is 2.38. The number of piperidine rings is 2. The van der Waals surface area contributed by atoms with Crippen molar-refractivity contribution >= 4 is 17.7 Å². The van der Waals surface area contributed by atoms with Gasteiger partial charge in [0.15, 0.2) is 5.76 Å². The van der Waals surface area contributed by atoms with Crippen LogP contribution in [0, 0.1) is 5.41 Å². The number of fused-ring (bicyclic) bond motifs is 1. The zero-order valence-electron chi connectivity index (χ0n) is 15.5. The molecule has 7 nitrogen and oxygen atoms in total. The molecule has 3 heterocycles. The van der Waals surface area contributed by atoms with Crippen molar-refractivity contribution in [2.24, 2.45) is 5.41 Å². The van der Waals surface area contributed by atoms with Crippen LogP contribution in [0.2, 0.25) is 0 Å². The molecular weight excluding hydrogens is 358 g/mol. The maximum Gasteiger partial charge on any atom is 0.289 e. The van der Waals surface area contributed by atoms with Crippen LogP contribution in [-0.2, 0) is 16.1 Å². The van der Waals surface area contributed by atoms with Crippen LogP contribution in [0.3, 0.4) is 0 Å². The first-order valence-electron chi connectivity index (χ1n) is 9.53. The van der Waals surface area contributed by atoms with Gasteiger partial charge < -0.3 is 20.0 Å². The Labute approximate surface area is 163 Å². The van der Waals surface area contributed by atoms with Gasteiger partial charge >= 0.3 is 0 Å². The van der Waals surface area contributed by atoms with Gasteiger partial charge in [0.05, 0.1) is 11.7 Å². The lowest BCUT2D eigenvalue weighted by atomic mass is 9.69. The van der Waals surface area contributed by atoms with Gasteiger partial charge in [-0.1, -0.05) is 30.3 Å². The van der Waals surface area contributed by atoms with E-state index in [4.69, 9.17) is 4.42 Å². The first-order chi connectivity index (χ1) is 13.6. The number of carbonyl (C=O) groups is 3. The van der Waals surface area contributed by atoms with Crippen LogP contribution in [0.25, 0.3) is 0 Å². The summed E-state index contributed by atoms with van der Waals surface area (Å²) >= 11 is 0. The molecule has 7 heteroatoms. The minimum Gasteiger partial charge on any atom is -0.459 e. The first-order valence-corrected chi connectivity index (χ1v) is 9.53. The normalized spacial score (nSPS) is 24.2. The number of nitrogens with zero attached hydrogens (tertiary/aromatic N) is 1. The monoisotopic (exact) mass is 381 g/mol. The third-order valence-electron chi connectivity index (χ3n) is 5.73. The molecule has 0 spiro atoms. The van der Waals surface area contributed by atoms with Crippen molar-refractivity contribution < 1.29 is 18.8 Å². The Bertz CT molecular complexity index is 865. The predicted molar refractivity (Wildman–Crippen MR) is 101 cm³/mol. The highest BCUT2D eigenvalue weighted by molar-refractivity contribution is 5.93. The van der Waals surface area contributed by atoms with Crippen LogP contribution < -0.4 is 10.6 Å². The lowest BCUT2D eigenvalue weighted by Crippen LogP contribution is -2.66. The van der Waals surface area contributed by atoms with Crippen molar-refractivity contribution in [2.45, 2.75) is 31.8 Å². The summed E-state index contributed by atoms with van der Waals surface area (Å²) in [6.45, 7) is 1.14. The zero-order chi connectivity index (χ0) is 19.6. The van der Waals surface area contributed by atoms with Crippen molar-refractivity contribution in [2.75, 3.05) is 13.1 Å². The Morgan fingerprint density at radius 3 is 2.79 bits per heavy atom. The average Bonchev–Trinajstić information content (AvgIpc) is 3.26. The summed E-state index contributed by atoms with van der Waals surface area (Å²) in [5, 5.41) is 5.99. The molecule has 0 bridgehead atoms. The van der Waals surface area contributed by atoms with Crippen molar-refractivity contribution in [3.63, 3.8) is 0 Å². The van der Waals surface area contributed by atoms with E-state index in [9.17, 15) is 14.4 Å². The third kappa shape index (κ3) is 3.40. The fourth-order valence-corrected chi connectivity index (χ4v) is 4.18. The fourth-order valence-electron chi connectivity index (χ4n) is 4.18. The van der Waals surface area contributed by atoms with E-state index in [2.05, 4.69) is 10.6 Å². The topological polar surface area (TPSA) is 91.7 Å². The quantitative estimate of drug-likeness (QED) is 0.843. The molecule has 2 aliphatic heterocycles. The second-order valence-corrected chi connectivity index (χ2v) is 7.44. The fraction of sp³-hybridized carbons (Fsp3) is 0.381. The SMILES string of the molecule is O=C1CC[C@]2(C(=O)NCc3ccccc3)CN(C(=O)c3ccco3)CC[C@H]2N1. The maximum absolute atomic E-state index is 13.3. The lowest BCUT2D eigenvalue weighted by molar-refractivity contribution is -0.142. The molecule has 0 aliphatic carbocycles. The van der Waals surface area contributed by atoms with E-state index in [0.717, 1.165) is 5.56 Å². The van der Waals surface area contributed by atoms with Crippen LogP contribution >= 0.6 is 0 Å². The number of rotatable bonds is 4. The Balaban J connectivity index is 1.54. The molecule has 28 heavy (non-hydrogen) atoms. The number of carbonyl (C=O) groups excluding carboxylic acids is 3. The van der Waals surface area contributed by atoms with Gasteiger partial charge in [-0.05, 0) is 30.5 Å². The molecule has 4 rings (SSSR count). The van der Waals surface area contributed by atoms with Gasteiger partial charge in [-0.2, -0.15) is 0 Å². The summed E-state index contributed by atoms with van der Waals surface area (Å²) in [7, 11) is 0. The number of benzene rings is 1. The number of nitrogens with one attached hydrogen (secondary N) is 2. The number of likely N-dealkylation sites (tertiary alicyclic amines) is 1. The van der Waals surface area contributed by atoms with Gasteiger partial charge in [-0.15, -0.1) is 0 Å². The smallest absolute Gasteiger partial charge is 0.289 e. The van der Waals surface area contributed by atoms with Gasteiger partial charge in [-0.3, -0.25) is 14.4 Å². The minimum atomic E-state index is -0.830. The van der Waals surface area contributed by atoms with Gasteiger partial charge in [0, 0.05) is 32.1 Å². The van der Waals surface area contributed by atoms with Gasteiger partial charge in [0.1, 0.15) is 0 Å². The Morgan fingerprint density at radius 1 is 1.21 bits per heavy atom. The van der Waals surface area contributed by atoms with E-state index in [1.807, 2.05) is 30.3 Å². The summed E-state index contributed by atoms with van der Waals surface area (Å²) in [4.78, 5) is 39.6. The van der Waals surface area contributed by atoms with Crippen molar-refractivity contribution in [3.05, 3.63) is 60.1 Å². The molecule has 1 aromatic carbocycles. The molecule has 0 radical (unpaired) electrons. The molecule has 3 amide bonds. The molecule has 2 aromatic rings. The van der Waals surface area contributed by atoms with Crippen LogP contribution in [0.5, 0.6) is 0 Å². The molecule has 2 atom stereocenters.